The molecule has 0 fully saturated rings. The summed E-state index contributed by atoms with van der Waals surface area (Å²) in [5.41, 5.74) is 0. The summed E-state index contributed by atoms with van der Waals surface area (Å²) in [7, 11) is 0. The number of carbonyl (C=O) groups excluding carboxylic acids is 1. The molecular formula is C9H18BrNO. The van der Waals surface area contributed by atoms with Gasteiger partial charge in [0.25, 0.3) is 0 Å². The van der Waals surface area contributed by atoms with E-state index in [1.165, 1.54) is 0 Å². The molecule has 0 heterocycles. The van der Waals surface area contributed by atoms with Crippen LogP contribution in [0.5, 0.6) is 0 Å². The molecule has 0 aliphatic carbocycles. The van der Waals surface area contributed by atoms with Crippen LogP contribution in [0.4, 0.5) is 0 Å². The van der Waals surface area contributed by atoms with Gasteiger partial charge in [0, 0.05) is 18.3 Å². The first-order chi connectivity index (χ1) is 5.70. The Bertz CT molecular complexity index is 128. The van der Waals surface area contributed by atoms with Crippen LogP contribution in [0.25, 0.3) is 0 Å². The summed E-state index contributed by atoms with van der Waals surface area (Å²) in [6.45, 7) is 5.00. The lowest BCUT2D eigenvalue weighted by Crippen LogP contribution is -2.26. The van der Waals surface area contributed by atoms with E-state index in [4.69, 9.17) is 0 Å². The van der Waals surface area contributed by atoms with Crippen LogP contribution in [0.3, 0.4) is 0 Å². The Kier molecular flexibility index (Phi) is 7.56. The molecule has 0 aliphatic rings. The van der Waals surface area contributed by atoms with Gasteiger partial charge < -0.3 is 5.32 Å². The molecule has 0 aromatic heterocycles. The summed E-state index contributed by atoms with van der Waals surface area (Å²) in [4.78, 5) is 11.2. The monoisotopic (exact) mass is 235 g/mol. The van der Waals surface area contributed by atoms with Gasteiger partial charge in [0.15, 0.2) is 0 Å². The highest BCUT2D eigenvalue weighted by atomic mass is 79.9. The average molecular weight is 236 g/mol. The maximum Gasteiger partial charge on any atom is 0.220 e. The lowest BCUT2D eigenvalue weighted by Gasteiger charge is -2.08. The topological polar surface area (TPSA) is 29.1 Å². The maximum absolute atomic E-state index is 11.2. The van der Waals surface area contributed by atoms with E-state index < -0.39 is 0 Å². The number of rotatable bonds is 6. The third-order valence-corrected chi connectivity index (χ3v) is 2.42. The second-order valence-electron chi connectivity index (χ2n) is 3.11. The van der Waals surface area contributed by atoms with Crippen LogP contribution in [0.15, 0.2) is 0 Å². The van der Waals surface area contributed by atoms with E-state index in [-0.39, 0.29) is 5.91 Å². The second-order valence-corrected chi connectivity index (χ2v) is 3.90. The minimum absolute atomic E-state index is 0.185. The third-order valence-electron chi connectivity index (χ3n) is 1.86. The molecule has 0 aromatic rings. The molecular weight excluding hydrogens is 218 g/mol. The molecule has 0 spiro atoms. The molecule has 0 radical (unpaired) electrons. The Morgan fingerprint density at radius 2 is 2.25 bits per heavy atom. The summed E-state index contributed by atoms with van der Waals surface area (Å²) in [6, 6.07) is 0. The van der Waals surface area contributed by atoms with E-state index in [9.17, 15) is 4.79 Å². The predicted octanol–water partition coefficient (Wildman–Crippen LogP) is 2.32. The molecule has 0 saturated heterocycles. The maximum atomic E-state index is 11.2. The summed E-state index contributed by atoms with van der Waals surface area (Å²) >= 11 is 3.31. The molecule has 0 bridgehead atoms. The molecule has 2 nitrogen and oxygen atoms in total. The van der Waals surface area contributed by atoms with Crippen molar-refractivity contribution >= 4 is 21.8 Å². The van der Waals surface area contributed by atoms with Crippen LogP contribution >= 0.6 is 15.9 Å². The van der Waals surface area contributed by atoms with E-state index in [1.807, 2.05) is 0 Å². The number of carbonyl (C=O) groups is 1. The lowest BCUT2D eigenvalue weighted by atomic mass is 10.1. The van der Waals surface area contributed by atoms with Gasteiger partial charge in [0.1, 0.15) is 0 Å². The van der Waals surface area contributed by atoms with Crippen LogP contribution in [-0.2, 0) is 4.79 Å². The molecule has 0 aliphatic heterocycles. The van der Waals surface area contributed by atoms with Gasteiger partial charge in [-0.25, -0.2) is 0 Å². The molecule has 72 valence electrons. The van der Waals surface area contributed by atoms with Crippen molar-refractivity contribution < 1.29 is 4.79 Å². The first-order valence-electron chi connectivity index (χ1n) is 4.53. The Balaban J connectivity index is 3.33. The normalized spacial score (nSPS) is 12.6. The first-order valence-corrected chi connectivity index (χ1v) is 5.65. The highest BCUT2D eigenvalue weighted by Crippen LogP contribution is 2.05. The number of nitrogens with one attached hydrogen (secondary N) is 1. The molecule has 12 heavy (non-hydrogen) atoms. The Morgan fingerprint density at radius 3 is 2.75 bits per heavy atom. The van der Waals surface area contributed by atoms with E-state index in [2.05, 4.69) is 35.1 Å². The molecule has 1 N–H and O–H groups in total. The number of alkyl halides is 1. The minimum atomic E-state index is 0.185. The van der Waals surface area contributed by atoms with Gasteiger partial charge in [0.05, 0.1) is 0 Å². The van der Waals surface area contributed by atoms with Crippen molar-refractivity contribution in [1.82, 2.24) is 5.32 Å². The van der Waals surface area contributed by atoms with Crippen molar-refractivity contribution in [3.63, 3.8) is 0 Å². The molecule has 1 atom stereocenters. The lowest BCUT2D eigenvalue weighted by molar-refractivity contribution is -0.121. The molecule has 0 aromatic carbocycles. The number of hydrogen-bond acceptors (Lipinski definition) is 1. The van der Waals surface area contributed by atoms with Gasteiger partial charge >= 0.3 is 0 Å². The molecule has 1 amide bonds. The smallest absolute Gasteiger partial charge is 0.220 e. The first kappa shape index (κ1) is 11.9. The molecule has 1 unspecified atom stereocenters. The largest absolute Gasteiger partial charge is 0.356 e. The predicted molar refractivity (Wildman–Crippen MR) is 55.5 cm³/mol. The van der Waals surface area contributed by atoms with Crippen molar-refractivity contribution in [3.8, 4) is 0 Å². The van der Waals surface area contributed by atoms with E-state index in [0.29, 0.717) is 12.3 Å². The molecule has 3 heteroatoms. The zero-order valence-corrected chi connectivity index (χ0v) is 9.49. The van der Waals surface area contributed by atoms with Crippen molar-refractivity contribution in [2.75, 3.05) is 11.9 Å². The summed E-state index contributed by atoms with van der Waals surface area (Å²) in [5, 5.41) is 3.83. The fourth-order valence-electron chi connectivity index (χ4n) is 0.828. The van der Waals surface area contributed by atoms with Crippen LogP contribution in [0, 0.1) is 5.92 Å². The summed E-state index contributed by atoms with van der Waals surface area (Å²) in [5.74, 6) is 0.694. The summed E-state index contributed by atoms with van der Waals surface area (Å²) < 4.78 is 0. The van der Waals surface area contributed by atoms with Crippen LogP contribution in [-0.4, -0.2) is 17.8 Å². The molecule has 0 saturated carbocycles. The Morgan fingerprint density at radius 1 is 1.58 bits per heavy atom. The van der Waals surface area contributed by atoms with Gasteiger partial charge in [-0.15, -0.1) is 0 Å². The summed E-state index contributed by atoms with van der Waals surface area (Å²) in [6.07, 6.45) is 2.75. The average Bonchev–Trinajstić information content (AvgIpc) is 2.05. The standard InChI is InChI=1S/C9H18BrNO/c1-3-8(2)7-9(12)11-6-4-5-10/h8H,3-7H2,1-2H3,(H,11,12). The fourth-order valence-corrected chi connectivity index (χ4v) is 1.11. The van der Waals surface area contributed by atoms with Gasteiger partial charge in [-0.1, -0.05) is 36.2 Å². The highest BCUT2D eigenvalue weighted by molar-refractivity contribution is 9.09. The quantitative estimate of drug-likeness (QED) is 0.556. The third kappa shape index (κ3) is 6.65. The zero-order chi connectivity index (χ0) is 9.40. The Hall–Kier alpha value is -0.0500. The number of halogens is 1. The van der Waals surface area contributed by atoms with E-state index in [1.54, 1.807) is 0 Å². The second kappa shape index (κ2) is 7.59. The fraction of sp³-hybridized carbons (Fsp3) is 0.889. The van der Waals surface area contributed by atoms with Crippen LogP contribution < -0.4 is 5.32 Å². The van der Waals surface area contributed by atoms with E-state index >= 15 is 0 Å². The van der Waals surface area contributed by atoms with Crippen LogP contribution in [0.2, 0.25) is 0 Å². The van der Waals surface area contributed by atoms with Crippen molar-refractivity contribution in [2.24, 2.45) is 5.92 Å². The number of hydrogen-bond donors (Lipinski definition) is 1. The molecule has 0 rings (SSSR count). The van der Waals surface area contributed by atoms with Crippen molar-refractivity contribution in [1.29, 1.82) is 0 Å². The van der Waals surface area contributed by atoms with E-state index in [0.717, 1.165) is 24.7 Å². The van der Waals surface area contributed by atoms with Crippen molar-refractivity contribution in [3.05, 3.63) is 0 Å². The highest BCUT2D eigenvalue weighted by Gasteiger charge is 2.05. The van der Waals surface area contributed by atoms with Gasteiger partial charge in [-0.3, -0.25) is 4.79 Å². The van der Waals surface area contributed by atoms with Crippen LogP contribution in [0.1, 0.15) is 33.1 Å². The number of amides is 1. The van der Waals surface area contributed by atoms with Gasteiger partial charge in [-0.05, 0) is 12.3 Å². The van der Waals surface area contributed by atoms with Crippen molar-refractivity contribution in [2.45, 2.75) is 33.1 Å². The van der Waals surface area contributed by atoms with Gasteiger partial charge in [0.2, 0.25) is 5.91 Å². The SMILES string of the molecule is CCC(C)CC(=O)NCCCBr. The zero-order valence-electron chi connectivity index (χ0n) is 7.90. The minimum Gasteiger partial charge on any atom is -0.356 e. The Labute approximate surface area is 83.2 Å². The van der Waals surface area contributed by atoms with Gasteiger partial charge in [-0.2, -0.15) is 0 Å².